The van der Waals surface area contributed by atoms with Crippen LogP contribution < -0.4 is 20.1 Å². The molecule has 1 atom stereocenters. The number of methoxy groups -OCH3 is 2. The largest absolute Gasteiger partial charge is 0.493 e. The van der Waals surface area contributed by atoms with Crippen molar-refractivity contribution in [3.05, 3.63) is 18.2 Å². The van der Waals surface area contributed by atoms with Gasteiger partial charge >= 0.3 is 5.97 Å². The van der Waals surface area contributed by atoms with Crippen molar-refractivity contribution in [1.29, 1.82) is 0 Å². The fourth-order valence-corrected chi connectivity index (χ4v) is 2.13. The number of hydrogen-bond donors (Lipinski definition) is 2. The van der Waals surface area contributed by atoms with Crippen LogP contribution in [0.5, 0.6) is 11.5 Å². The minimum atomic E-state index is -1.02. The predicted molar refractivity (Wildman–Crippen MR) is 101 cm³/mol. The number of rotatable bonds is 10. The third kappa shape index (κ3) is 7.98. The quantitative estimate of drug-likeness (QED) is 0.603. The van der Waals surface area contributed by atoms with Gasteiger partial charge in [0.05, 0.1) is 14.2 Å². The molecule has 1 rings (SSSR count). The molecule has 0 aromatic heterocycles. The van der Waals surface area contributed by atoms with Crippen molar-refractivity contribution in [3.8, 4) is 11.5 Å². The maximum absolute atomic E-state index is 12.2. The van der Waals surface area contributed by atoms with Crippen LogP contribution in [0.25, 0.3) is 0 Å². The Morgan fingerprint density at radius 1 is 1.04 bits per heavy atom. The topological polar surface area (TPSA) is 103 Å². The van der Waals surface area contributed by atoms with E-state index in [-0.39, 0.29) is 12.5 Å². The zero-order valence-corrected chi connectivity index (χ0v) is 16.5. The molecule has 27 heavy (non-hydrogen) atoms. The molecule has 0 bridgehead atoms. The van der Waals surface area contributed by atoms with Gasteiger partial charge in [-0.25, -0.2) is 0 Å². The Morgan fingerprint density at radius 2 is 1.70 bits per heavy atom. The predicted octanol–water partition coefficient (Wildman–Crippen LogP) is 2.13. The number of anilines is 1. The lowest BCUT2D eigenvalue weighted by atomic mass is 10.1. The van der Waals surface area contributed by atoms with E-state index >= 15 is 0 Å². The monoisotopic (exact) mass is 380 g/mol. The van der Waals surface area contributed by atoms with Gasteiger partial charge in [0.15, 0.2) is 17.6 Å². The van der Waals surface area contributed by atoms with Crippen LogP contribution >= 0.6 is 0 Å². The zero-order valence-electron chi connectivity index (χ0n) is 16.5. The standard InChI is InChI=1S/C19H28N2O6/c1-12(2)6-9-17(22)20-11-18(23)27-13(3)19(24)21-14-7-8-15(25-4)16(10-14)26-5/h7-8,10,12-13H,6,9,11H2,1-5H3,(H,20,22)(H,21,24). The highest BCUT2D eigenvalue weighted by molar-refractivity contribution is 5.95. The molecule has 0 saturated carbocycles. The van der Waals surface area contributed by atoms with E-state index in [1.54, 1.807) is 18.2 Å². The van der Waals surface area contributed by atoms with E-state index in [2.05, 4.69) is 10.6 Å². The fourth-order valence-electron chi connectivity index (χ4n) is 2.13. The van der Waals surface area contributed by atoms with Gasteiger partial charge in [-0.05, 0) is 31.4 Å². The molecule has 1 unspecified atom stereocenters. The lowest BCUT2D eigenvalue weighted by Crippen LogP contribution is -2.35. The Bertz CT molecular complexity index is 660. The number of nitrogens with one attached hydrogen (secondary N) is 2. The minimum Gasteiger partial charge on any atom is -0.493 e. The van der Waals surface area contributed by atoms with Gasteiger partial charge in [0.25, 0.3) is 5.91 Å². The Labute approximate surface area is 159 Å². The van der Waals surface area contributed by atoms with Crippen LogP contribution in [0.3, 0.4) is 0 Å². The molecule has 2 N–H and O–H groups in total. The summed E-state index contributed by atoms with van der Waals surface area (Å²) < 4.78 is 15.3. The average molecular weight is 380 g/mol. The van der Waals surface area contributed by atoms with Crippen LogP contribution in [0.4, 0.5) is 5.69 Å². The minimum absolute atomic E-state index is 0.219. The first-order chi connectivity index (χ1) is 12.8. The van der Waals surface area contributed by atoms with Crippen LogP contribution in [0.1, 0.15) is 33.6 Å². The molecule has 0 aliphatic carbocycles. The molecule has 0 spiro atoms. The second-order valence-electron chi connectivity index (χ2n) is 6.40. The van der Waals surface area contributed by atoms with Crippen molar-refractivity contribution in [1.82, 2.24) is 5.32 Å². The number of amides is 2. The molecule has 0 aliphatic rings. The van der Waals surface area contributed by atoms with Gasteiger partial charge in [0, 0.05) is 18.2 Å². The normalized spacial score (nSPS) is 11.5. The van der Waals surface area contributed by atoms with Gasteiger partial charge in [0.1, 0.15) is 6.54 Å². The van der Waals surface area contributed by atoms with Crippen molar-refractivity contribution in [2.45, 2.75) is 39.7 Å². The van der Waals surface area contributed by atoms with Crippen molar-refractivity contribution < 1.29 is 28.6 Å². The van der Waals surface area contributed by atoms with Gasteiger partial charge in [-0.3, -0.25) is 14.4 Å². The van der Waals surface area contributed by atoms with E-state index in [4.69, 9.17) is 14.2 Å². The second-order valence-corrected chi connectivity index (χ2v) is 6.40. The van der Waals surface area contributed by atoms with E-state index in [0.717, 1.165) is 6.42 Å². The van der Waals surface area contributed by atoms with Gasteiger partial charge in [0.2, 0.25) is 5.91 Å². The zero-order chi connectivity index (χ0) is 20.4. The van der Waals surface area contributed by atoms with Crippen LogP contribution in [-0.2, 0) is 19.1 Å². The first kappa shape index (κ1) is 22.3. The molecule has 0 heterocycles. The molecular weight excluding hydrogens is 352 g/mol. The number of ether oxygens (including phenoxy) is 3. The SMILES string of the molecule is COc1ccc(NC(=O)C(C)OC(=O)CNC(=O)CCC(C)C)cc1OC. The number of carbonyl (C=O) groups excluding carboxylic acids is 3. The van der Waals surface area contributed by atoms with Crippen LogP contribution in [0.15, 0.2) is 18.2 Å². The number of benzene rings is 1. The van der Waals surface area contributed by atoms with Gasteiger partial charge in [-0.15, -0.1) is 0 Å². The fraction of sp³-hybridized carbons (Fsp3) is 0.526. The van der Waals surface area contributed by atoms with E-state index < -0.39 is 18.0 Å². The Hall–Kier alpha value is -2.77. The number of carbonyl (C=O) groups is 3. The molecule has 2 amide bonds. The van der Waals surface area contributed by atoms with Crippen molar-refractivity contribution in [3.63, 3.8) is 0 Å². The smallest absolute Gasteiger partial charge is 0.326 e. The molecule has 8 heteroatoms. The summed E-state index contributed by atoms with van der Waals surface area (Å²) in [6, 6.07) is 4.89. The van der Waals surface area contributed by atoms with Crippen LogP contribution in [0.2, 0.25) is 0 Å². The highest BCUT2D eigenvalue weighted by atomic mass is 16.5. The van der Waals surface area contributed by atoms with Gasteiger partial charge < -0.3 is 24.8 Å². The molecule has 1 aromatic carbocycles. The maximum atomic E-state index is 12.2. The van der Waals surface area contributed by atoms with Gasteiger partial charge in [-0.1, -0.05) is 13.8 Å². The summed E-state index contributed by atoms with van der Waals surface area (Å²) in [5, 5.41) is 5.12. The van der Waals surface area contributed by atoms with Crippen molar-refractivity contribution in [2.75, 3.05) is 26.1 Å². The molecule has 8 nitrogen and oxygen atoms in total. The Morgan fingerprint density at radius 3 is 2.30 bits per heavy atom. The number of hydrogen-bond acceptors (Lipinski definition) is 6. The van der Waals surface area contributed by atoms with E-state index in [1.807, 2.05) is 13.8 Å². The summed E-state index contributed by atoms with van der Waals surface area (Å²) in [6.07, 6.45) is 0.0730. The van der Waals surface area contributed by atoms with E-state index in [9.17, 15) is 14.4 Å². The van der Waals surface area contributed by atoms with E-state index in [1.165, 1.54) is 21.1 Å². The molecule has 0 aliphatic heterocycles. The number of esters is 1. The molecule has 1 aromatic rings. The summed E-state index contributed by atoms with van der Waals surface area (Å²) >= 11 is 0. The van der Waals surface area contributed by atoms with Crippen molar-refractivity contribution >= 4 is 23.5 Å². The second kappa shape index (κ2) is 11.1. The molecule has 150 valence electrons. The maximum Gasteiger partial charge on any atom is 0.326 e. The summed E-state index contributed by atoms with van der Waals surface area (Å²) in [6.45, 7) is 5.21. The van der Waals surface area contributed by atoms with Gasteiger partial charge in [-0.2, -0.15) is 0 Å². The summed E-state index contributed by atoms with van der Waals surface area (Å²) in [5.41, 5.74) is 0.475. The Kier molecular flexibility index (Phi) is 9.12. The molecule has 0 saturated heterocycles. The first-order valence-electron chi connectivity index (χ1n) is 8.75. The lowest BCUT2D eigenvalue weighted by Gasteiger charge is -2.15. The summed E-state index contributed by atoms with van der Waals surface area (Å²) in [5.74, 6) is 0.00267. The molecular formula is C19H28N2O6. The lowest BCUT2D eigenvalue weighted by molar-refractivity contribution is -0.152. The average Bonchev–Trinajstić information content (AvgIpc) is 2.64. The van der Waals surface area contributed by atoms with Crippen LogP contribution in [-0.4, -0.2) is 44.7 Å². The Balaban J connectivity index is 2.47. The summed E-state index contributed by atoms with van der Waals surface area (Å²) in [7, 11) is 3.00. The molecule has 0 radical (unpaired) electrons. The highest BCUT2D eigenvalue weighted by Gasteiger charge is 2.19. The first-order valence-corrected chi connectivity index (χ1v) is 8.75. The van der Waals surface area contributed by atoms with E-state index in [0.29, 0.717) is 29.5 Å². The highest BCUT2D eigenvalue weighted by Crippen LogP contribution is 2.29. The van der Waals surface area contributed by atoms with Crippen LogP contribution in [0, 0.1) is 5.92 Å². The summed E-state index contributed by atoms with van der Waals surface area (Å²) in [4.78, 5) is 35.6. The molecule has 0 fully saturated rings. The third-order valence-corrected chi connectivity index (χ3v) is 3.71. The van der Waals surface area contributed by atoms with Crippen molar-refractivity contribution in [2.24, 2.45) is 5.92 Å². The third-order valence-electron chi connectivity index (χ3n) is 3.71.